The van der Waals surface area contributed by atoms with E-state index in [0.717, 1.165) is 33.5 Å². The molecule has 2 aromatic heterocycles. The molecule has 0 radical (unpaired) electrons. The van der Waals surface area contributed by atoms with Crippen LogP contribution >= 0.6 is 23.1 Å². The number of nitrogens with one attached hydrogen (secondary N) is 1. The van der Waals surface area contributed by atoms with E-state index in [-0.39, 0.29) is 0 Å². The summed E-state index contributed by atoms with van der Waals surface area (Å²) in [7, 11) is 0. The Bertz CT molecular complexity index is 510. The van der Waals surface area contributed by atoms with Gasteiger partial charge in [0.25, 0.3) is 0 Å². The van der Waals surface area contributed by atoms with Crippen LogP contribution in [0.3, 0.4) is 0 Å². The molecule has 0 amide bonds. The monoisotopic (exact) mass is 295 g/mol. The van der Waals surface area contributed by atoms with Gasteiger partial charge in [0.2, 0.25) is 0 Å². The van der Waals surface area contributed by atoms with Crippen molar-refractivity contribution in [3.8, 4) is 0 Å². The first-order valence-corrected chi connectivity index (χ1v) is 8.83. The van der Waals surface area contributed by atoms with Gasteiger partial charge in [0.15, 0.2) is 5.16 Å². The van der Waals surface area contributed by atoms with E-state index in [1.54, 1.807) is 23.1 Å². The predicted molar refractivity (Wildman–Crippen MR) is 86.4 cm³/mol. The number of anilines is 1. The molecule has 0 bridgehead atoms. The first-order valence-electron chi connectivity index (χ1n) is 6.97. The molecule has 0 aliphatic rings. The van der Waals surface area contributed by atoms with Gasteiger partial charge in [0.1, 0.15) is 10.6 Å². The summed E-state index contributed by atoms with van der Waals surface area (Å²) < 4.78 is 0. The summed E-state index contributed by atoms with van der Waals surface area (Å²) in [6.07, 6.45) is 4.81. The summed E-state index contributed by atoms with van der Waals surface area (Å²) in [5, 5.41) is 7.59. The molecule has 0 aromatic carbocycles. The van der Waals surface area contributed by atoms with Crippen LogP contribution in [0.1, 0.15) is 39.5 Å². The van der Waals surface area contributed by atoms with Crippen LogP contribution in [0, 0.1) is 0 Å². The van der Waals surface area contributed by atoms with Crippen molar-refractivity contribution in [2.24, 2.45) is 0 Å². The SMILES string of the molecule is CCCCNc1nc(SCCCC)nc2sccc12. The number of nitrogens with zero attached hydrogens (tertiary/aromatic N) is 2. The average Bonchev–Trinajstić information content (AvgIpc) is 2.88. The zero-order chi connectivity index (χ0) is 13.5. The summed E-state index contributed by atoms with van der Waals surface area (Å²) in [6, 6.07) is 2.11. The largest absolute Gasteiger partial charge is 0.369 e. The molecule has 104 valence electrons. The molecule has 0 atom stereocenters. The Labute approximate surface area is 123 Å². The first-order chi connectivity index (χ1) is 9.35. The third-order valence-electron chi connectivity index (χ3n) is 2.86. The molecule has 0 fully saturated rings. The highest BCUT2D eigenvalue weighted by atomic mass is 32.2. The van der Waals surface area contributed by atoms with Gasteiger partial charge in [-0.15, -0.1) is 11.3 Å². The van der Waals surface area contributed by atoms with Crippen molar-refractivity contribution < 1.29 is 0 Å². The van der Waals surface area contributed by atoms with Crippen LogP contribution in [0.4, 0.5) is 5.82 Å². The molecule has 1 N–H and O–H groups in total. The molecule has 2 heterocycles. The van der Waals surface area contributed by atoms with Gasteiger partial charge < -0.3 is 5.32 Å². The lowest BCUT2D eigenvalue weighted by Crippen LogP contribution is -2.04. The van der Waals surface area contributed by atoms with Crippen molar-refractivity contribution in [1.82, 2.24) is 9.97 Å². The number of hydrogen-bond acceptors (Lipinski definition) is 5. The highest BCUT2D eigenvalue weighted by Gasteiger charge is 2.08. The van der Waals surface area contributed by atoms with E-state index in [4.69, 9.17) is 0 Å². The number of unbranched alkanes of at least 4 members (excludes halogenated alkanes) is 2. The Morgan fingerprint density at radius 2 is 2.05 bits per heavy atom. The van der Waals surface area contributed by atoms with Crippen LogP contribution in [0.25, 0.3) is 10.2 Å². The quantitative estimate of drug-likeness (QED) is 0.431. The molecule has 0 unspecified atom stereocenters. The van der Waals surface area contributed by atoms with Crippen LogP contribution < -0.4 is 5.32 Å². The van der Waals surface area contributed by atoms with Gasteiger partial charge in [0, 0.05) is 12.3 Å². The Hall–Kier alpha value is -0.810. The van der Waals surface area contributed by atoms with Gasteiger partial charge in [-0.25, -0.2) is 9.97 Å². The molecule has 3 nitrogen and oxygen atoms in total. The standard InChI is InChI=1S/C14H21N3S2/c1-3-5-8-15-12-11-7-10-18-13(11)17-14(16-12)19-9-6-4-2/h7,10H,3-6,8-9H2,1-2H3,(H,15,16,17). The van der Waals surface area contributed by atoms with E-state index in [0.29, 0.717) is 0 Å². The molecule has 0 aliphatic heterocycles. The van der Waals surface area contributed by atoms with Crippen LogP contribution in [0.15, 0.2) is 16.6 Å². The predicted octanol–water partition coefficient (Wildman–Crippen LogP) is 4.80. The summed E-state index contributed by atoms with van der Waals surface area (Å²) in [5.74, 6) is 2.10. The zero-order valence-electron chi connectivity index (χ0n) is 11.6. The third-order valence-corrected chi connectivity index (χ3v) is 4.60. The molecule has 2 aromatic rings. The molecule has 5 heteroatoms. The minimum atomic E-state index is 0.905. The lowest BCUT2D eigenvalue weighted by molar-refractivity contribution is 0.828. The van der Waals surface area contributed by atoms with Gasteiger partial charge in [-0.2, -0.15) is 0 Å². The second-order valence-electron chi connectivity index (χ2n) is 4.48. The van der Waals surface area contributed by atoms with Crippen LogP contribution in [-0.2, 0) is 0 Å². The van der Waals surface area contributed by atoms with Crippen molar-refractivity contribution in [1.29, 1.82) is 0 Å². The molecule has 0 saturated heterocycles. The number of thiophene rings is 1. The van der Waals surface area contributed by atoms with Crippen molar-refractivity contribution in [3.05, 3.63) is 11.4 Å². The van der Waals surface area contributed by atoms with E-state index in [9.17, 15) is 0 Å². The van der Waals surface area contributed by atoms with Crippen molar-refractivity contribution in [2.75, 3.05) is 17.6 Å². The number of rotatable bonds is 8. The Morgan fingerprint density at radius 1 is 1.21 bits per heavy atom. The van der Waals surface area contributed by atoms with Crippen molar-refractivity contribution in [3.63, 3.8) is 0 Å². The maximum Gasteiger partial charge on any atom is 0.190 e. The number of fused-ring (bicyclic) bond motifs is 1. The highest BCUT2D eigenvalue weighted by Crippen LogP contribution is 2.28. The maximum absolute atomic E-state index is 4.66. The minimum Gasteiger partial charge on any atom is -0.369 e. The lowest BCUT2D eigenvalue weighted by atomic mass is 10.3. The second-order valence-corrected chi connectivity index (χ2v) is 6.43. The summed E-state index contributed by atoms with van der Waals surface area (Å²) in [4.78, 5) is 10.4. The smallest absolute Gasteiger partial charge is 0.190 e. The second kappa shape index (κ2) is 7.70. The molecular formula is C14H21N3S2. The van der Waals surface area contributed by atoms with Gasteiger partial charge in [-0.05, 0) is 24.3 Å². The van der Waals surface area contributed by atoms with E-state index in [1.807, 2.05) is 0 Å². The van der Waals surface area contributed by atoms with E-state index < -0.39 is 0 Å². The number of aromatic nitrogens is 2. The lowest BCUT2D eigenvalue weighted by Gasteiger charge is -2.08. The maximum atomic E-state index is 4.66. The van der Waals surface area contributed by atoms with E-state index >= 15 is 0 Å². The average molecular weight is 295 g/mol. The van der Waals surface area contributed by atoms with Crippen LogP contribution in [-0.4, -0.2) is 22.3 Å². The fraction of sp³-hybridized carbons (Fsp3) is 0.571. The van der Waals surface area contributed by atoms with Crippen molar-refractivity contribution >= 4 is 39.1 Å². The summed E-state index contributed by atoms with van der Waals surface area (Å²) >= 11 is 3.45. The Balaban J connectivity index is 2.14. The van der Waals surface area contributed by atoms with Gasteiger partial charge >= 0.3 is 0 Å². The summed E-state index contributed by atoms with van der Waals surface area (Å²) in [5.41, 5.74) is 0. The number of thioether (sulfide) groups is 1. The zero-order valence-corrected chi connectivity index (χ0v) is 13.2. The van der Waals surface area contributed by atoms with Gasteiger partial charge in [-0.1, -0.05) is 38.5 Å². The first kappa shape index (κ1) is 14.6. The van der Waals surface area contributed by atoms with Gasteiger partial charge in [0.05, 0.1) is 5.39 Å². The van der Waals surface area contributed by atoms with Crippen molar-refractivity contribution in [2.45, 2.75) is 44.7 Å². The Kier molecular flexibility index (Phi) is 5.92. The number of hydrogen-bond donors (Lipinski definition) is 1. The molecular weight excluding hydrogens is 274 g/mol. The van der Waals surface area contributed by atoms with E-state index in [1.165, 1.54) is 25.7 Å². The highest BCUT2D eigenvalue weighted by molar-refractivity contribution is 7.99. The fourth-order valence-corrected chi connectivity index (χ4v) is 3.48. The Morgan fingerprint density at radius 3 is 2.84 bits per heavy atom. The van der Waals surface area contributed by atoms with Gasteiger partial charge in [-0.3, -0.25) is 0 Å². The topological polar surface area (TPSA) is 37.8 Å². The van der Waals surface area contributed by atoms with E-state index in [2.05, 4.69) is 40.6 Å². The third kappa shape index (κ3) is 4.08. The molecule has 2 rings (SSSR count). The summed E-state index contributed by atoms with van der Waals surface area (Å²) in [6.45, 7) is 5.40. The molecule has 0 spiro atoms. The normalized spacial score (nSPS) is 11.1. The van der Waals surface area contributed by atoms with Crippen LogP contribution in [0.5, 0.6) is 0 Å². The fourth-order valence-electron chi connectivity index (χ4n) is 1.73. The molecule has 19 heavy (non-hydrogen) atoms. The minimum absolute atomic E-state index is 0.905. The molecule has 0 aliphatic carbocycles. The molecule has 0 saturated carbocycles. The van der Waals surface area contributed by atoms with Crippen LogP contribution in [0.2, 0.25) is 0 Å².